The lowest BCUT2D eigenvalue weighted by Gasteiger charge is -2.42. The van der Waals surface area contributed by atoms with Gasteiger partial charge in [-0.25, -0.2) is 0 Å². The molecule has 1 unspecified atom stereocenters. The molecule has 3 heteroatoms. The van der Waals surface area contributed by atoms with E-state index in [-0.39, 0.29) is 0 Å². The van der Waals surface area contributed by atoms with Gasteiger partial charge in [0.1, 0.15) is 0 Å². The third-order valence-corrected chi connectivity index (χ3v) is 5.23. The van der Waals surface area contributed by atoms with Gasteiger partial charge in [-0.1, -0.05) is 32.5 Å². The molecule has 0 saturated heterocycles. The average molecular weight is 226 g/mol. The highest BCUT2D eigenvalue weighted by atomic mass is 32.2. The second kappa shape index (κ2) is 4.36. The van der Waals surface area contributed by atoms with Crippen LogP contribution in [0.4, 0.5) is 0 Å². The predicted molar refractivity (Wildman–Crippen MR) is 68.5 cm³/mol. The Morgan fingerprint density at radius 3 is 2.67 bits per heavy atom. The van der Waals surface area contributed by atoms with Crippen LogP contribution in [-0.2, 0) is 0 Å². The number of hydrogen-bond acceptors (Lipinski definition) is 3. The maximum absolute atomic E-state index is 4.62. The summed E-state index contributed by atoms with van der Waals surface area (Å²) in [6.07, 6.45) is 5.27. The highest BCUT2D eigenvalue weighted by Crippen LogP contribution is 2.36. The molecule has 2 nitrogen and oxygen atoms in total. The molecule has 0 bridgehead atoms. The van der Waals surface area contributed by atoms with Crippen molar-refractivity contribution in [3.05, 3.63) is 0 Å². The molecule has 1 saturated carbocycles. The number of amidine groups is 1. The van der Waals surface area contributed by atoms with Crippen molar-refractivity contribution in [1.82, 2.24) is 5.32 Å². The van der Waals surface area contributed by atoms with Gasteiger partial charge in [0, 0.05) is 10.8 Å². The Morgan fingerprint density at radius 1 is 1.53 bits per heavy atom. The van der Waals surface area contributed by atoms with Crippen molar-refractivity contribution in [3.8, 4) is 0 Å². The molecule has 86 valence electrons. The Morgan fingerprint density at radius 2 is 2.27 bits per heavy atom. The third kappa shape index (κ3) is 2.32. The normalized spacial score (nSPS) is 28.8. The largest absolute Gasteiger partial charge is 0.359 e. The van der Waals surface area contributed by atoms with E-state index in [9.17, 15) is 0 Å². The van der Waals surface area contributed by atoms with Crippen LogP contribution in [0.25, 0.3) is 0 Å². The van der Waals surface area contributed by atoms with Crippen molar-refractivity contribution in [2.45, 2.75) is 57.2 Å². The summed E-state index contributed by atoms with van der Waals surface area (Å²) < 4.78 is 0. The van der Waals surface area contributed by atoms with E-state index in [0.29, 0.717) is 10.8 Å². The Kier molecular flexibility index (Phi) is 3.29. The van der Waals surface area contributed by atoms with Crippen molar-refractivity contribution in [3.63, 3.8) is 0 Å². The molecule has 1 aliphatic carbocycles. The van der Waals surface area contributed by atoms with Crippen LogP contribution in [0.15, 0.2) is 4.99 Å². The summed E-state index contributed by atoms with van der Waals surface area (Å²) in [6, 6.07) is 0. The molecule has 0 radical (unpaired) electrons. The van der Waals surface area contributed by atoms with Crippen LogP contribution in [0.1, 0.15) is 46.5 Å². The van der Waals surface area contributed by atoms with Crippen molar-refractivity contribution in [2.24, 2.45) is 10.9 Å². The maximum atomic E-state index is 4.62. The van der Waals surface area contributed by atoms with E-state index in [1.807, 2.05) is 11.8 Å². The first-order chi connectivity index (χ1) is 7.15. The molecule has 1 N–H and O–H groups in total. The molecule has 15 heavy (non-hydrogen) atoms. The molecule has 0 amide bonds. The van der Waals surface area contributed by atoms with Crippen LogP contribution in [0.5, 0.6) is 0 Å². The van der Waals surface area contributed by atoms with Gasteiger partial charge in [-0.2, -0.15) is 0 Å². The topological polar surface area (TPSA) is 24.4 Å². The highest BCUT2D eigenvalue weighted by molar-refractivity contribution is 8.14. The maximum Gasteiger partial charge on any atom is 0.157 e. The lowest BCUT2D eigenvalue weighted by molar-refractivity contribution is 0.211. The van der Waals surface area contributed by atoms with Gasteiger partial charge in [0.25, 0.3) is 0 Å². The first-order valence-electron chi connectivity index (χ1n) is 6.14. The van der Waals surface area contributed by atoms with Gasteiger partial charge in [-0.05, 0) is 31.6 Å². The summed E-state index contributed by atoms with van der Waals surface area (Å²) in [7, 11) is 0. The van der Waals surface area contributed by atoms with Gasteiger partial charge in [0.2, 0.25) is 0 Å². The van der Waals surface area contributed by atoms with Crippen molar-refractivity contribution in [1.29, 1.82) is 0 Å². The van der Waals surface area contributed by atoms with Gasteiger partial charge >= 0.3 is 0 Å². The summed E-state index contributed by atoms with van der Waals surface area (Å²) in [5.74, 6) is 0.733. The Bertz CT molecular complexity index is 251. The molecule has 0 aromatic carbocycles. The van der Waals surface area contributed by atoms with E-state index in [1.54, 1.807) is 0 Å². The second-order valence-electron chi connectivity index (χ2n) is 5.16. The van der Waals surface area contributed by atoms with Crippen LogP contribution >= 0.6 is 11.8 Å². The van der Waals surface area contributed by atoms with Crippen LogP contribution in [0.2, 0.25) is 0 Å². The SMILES string of the molecule is CCC1(NC2=NCC(C(C)C)S2)CCC1. The fourth-order valence-corrected chi connectivity index (χ4v) is 3.34. The molecule has 1 fully saturated rings. The zero-order valence-electron chi connectivity index (χ0n) is 10.0. The standard InChI is InChI=1S/C12H22N2S/c1-4-12(6-5-7-12)14-11-13-8-10(15-11)9(2)3/h9-10H,4-8H2,1-3H3,(H,13,14). The van der Waals surface area contributed by atoms with Gasteiger partial charge in [0.15, 0.2) is 5.17 Å². The highest BCUT2D eigenvalue weighted by Gasteiger charge is 2.37. The first kappa shape index (κ1) is 11.3. The van der Waals surface area contributed by atoms with E-state index in [1.165, 1.54) is 30.9 Å². The number of aliphatic imine (C=N–C) groups is 1. The molecular formula is C12H22N2S. The molecule has 2 rings (SSSR count). The molecule has 1 atom stereocenters. The zero-order chi connectivity index (χ0) is 10.9. The average Bonchev–Trinajstić information content (AvgIpc) is 2.59. The quantitative estimate of drug-likeness (QED) is 0.800. The molecule has 2 aliphatic rings. The Balaban J connectivity index is 1.86. The minimum Gasteiger partial charge on any atom is -0.359 e. The molecule has 1 heterocycles. The summed E-state index contributed by atoms with van der Waals surface area (Å²) in [6.45, 7) is 7.86. The number of nitrogens with zero attached hydrogens (tertiary/aromatic N) is 1. The minimum atomic E-state index is 0.400. The Labute approximate surface area is 97.3 Å². The van der Waals surface area contributed by atoms with E-state index < -0.39 is 0 Å². The van der Waals surface area contributed by atoms with Gasteiger partial charge < -0.3 is 5.32 Å². The van der Waals surface area contributed by atoms with Crippen LogP contribution in [0, 0.1) is 5.92 Å². The lowest BCUT2D eigenvalue weighted by atomic mass is 9.75. The summed E-state index contributed by atoms with van der Waals surface area (Å²) >= 11 is 1.95. The summed E-state index contributed by atoms with van der Waals surface area (Å²) in [5, 5.41) is 5.58. The zero-order valence-corrected chi connectivity index (χ0v) is 10.9. The lowest BCUT2D eigenvalue weighted by Crippen LogP contribution is -2.52. The van der Waals surface area contributed by atoms with Crippen molar-refractivity contribution in [2.75, 3.05) is 6.54 Å². The molecule has 0 aromatic rings. The Hall–Kier alpha value is -0.180. The second-order valence-corrected chi connectivity index (χ2v) is 6.39. The number of hydrogen-bond donors (Lipinski definition) is 1. The fourth-order valence-electron chi connectivity index (χ4n) is 2.20. The summed E-state index contributed by atoms with van der Waals surface area (Å²) in [4.78, 5) is 4.62. The van der Waals surface area contributed by atoms with Crippen LogP contribution in [-0.4, -0.2) is 22.5 Å². The number of nitrogens with one attached hydrogen (secondary N) is 1. The van der Waals surface area contributed by atoms with Crippen LogP contribution in [0.3, 0.4) is 0 Å². The number of rotatable bonds is 3. The predicted octanol–water partition coefficient (Wildman–Crippen LogP) is 3.04. The van der Waals surface area contributed by atoms with Gasteiger partial charge in [-0.3, -0.25) is 4.99 Å². The molecular weight excluding hydrogens is 204 g/mol. The van der Waals surface area contributed by atoms with E-state index in [0.717, 1.165) is 12.5 Å². The fraction of sp³-hybridized carbons (Fsp3) is 0.917. The molecule has 0 spiro atoms. The van der Waals surface area contributed by atoms with Crippen molar-refractivity contribution >= 4 is 16.9 Å². The van der Waals surface area contributed by atoms with Gasteiger partial charge in [0.05, 0.1) is 6.54 Å². The smallest absolute Gasteiger partial charge is 0.157 e. The van der Waals surface area contributed by atoms with Crippen molar-refractivity contribution < 1.29 is 0 Å². The molecule has 1 aliphatic heterocycles. The van der Waals surface area contributed by atoms with E-state index >= 15 is 0 Å². The van der Waals surface area contributed by atoms with E-state index in [4.69, 9.17) is 0 Å². The number of thioether (sulfide) groups is 1. The third-order valence-electron chi connectivity index (χ3n) is 3.78. The minimum absolute atomic E-state index is 0.400. The van der Waals surface area contributed by atoms with Gasteiger partial charge in [-0.15, -0.1) is 0 Å². The molecule has 0 aromatic heterocycles. The monoisotopic (exact) mass is 226 g/mol. The first-order valence-corrected chi connectivity index (χ1v) is 7.02. The van der Waals surface area contributed by atoms with E-state index in [2.05, 4.69) is 31.1 Å². The summed E-state index contributed by atoms with van der Waals surface area (Å²) in [5.41, 5.74) is 0.400. The van der Waals surface area contributed by atoms with Crippen LogP contribution < -0.4 is 5.32 Å².